The summed E-state index contributed by atoms with van der Waals surface area (Å²) in [6.07, 6.45) is 13.8. The number of rotatable bonds is 16. The maximum Gasteiger partial charge on any atom is 0.306 e. The van der Waals surface area contributed by atoms with Crippen molar-refractivity contribution < 1.29 is 19.4 Å². The molecule has 1 aliphatic heterocycles. The summed E-state index contributed by atoms with van der Waals surface area (Å²) in [6, 6.07) is 0. The fraction of sp³-hybridized carbons (Fsp3) is 0.781. The smallest absolute Gasteiger partial charge is 0.306 e. The van der Waals surface area contributed by atoms with Gasteiger partial charge in [0.2, 0.25) is 0 Å². The third-order valence-corrected chi connectivity index (χ3v) is 8.40. The second kappa shape index (κ2) is 14.3. The molecule has 1 aliphatic rings. The topological polar surface area (TPSA) is 55.8 Å². The Morgan fingerprint density at radius 2 is 1.50 bits per heavy atom. The van der Waals surface area contributed by atoms with Crippen molar-refractivity contribution in [1.82, 2.24) is 0 Å². The molecular formula is C32H54O4. The van der Waals surface area contributed by atoms with Crippen molar-refractivity contribution >= 4 is 5.97 Å². The Kier molecular flexibility index (Phi) is 12.1. The van der Waals surface area contributed by atoms with Gasteiger partial charge in [0.05, 0.1) is 13.0 Å². The molecule has 4 heteroatoms. The van der Waals surface area contributed by atoms with Gasteiger partial charge in [-0.1, -0.05) is 72.6 Å². The molecule has 0 fully saturated rings. The summed E-state index contributed by atoms with van der Waals surface area (Å²) in [6.45, 7) is 18.2. The van der Waals surface area contributed by atoms with Crippen LogP contribution in [0.3, 0.4) is 0 Å². The van der Waals surface area contributed by atoms with Gasteiger partial charge in [-0.2, -0.15) is 0 Å². The second-order valence-corrected chi connectivity index (χ2v) is 12.4. The van der Waals surface area contributed by atoms with Crippen LogP contribution in [0.25, 0.3) is 0 Å². The highest BCUT2D eigenvalue weighted by Gasteiger charge is 2.34. The number of hydrogen-bond donors (Lipinski definition) is 1. The van der Waals surface area contributed by atoms with Crippen molar-refractivity contribution in [3.8, 4) is 11.5 Å². The van der Waals surface area contributed by atoms with Crippen LogP contribution in [0, 0.1) is 38.5 Å². The zero-order valence-corrected chi connectivity index (χ0v) is 24.6. The lowest BCUT2D eigenvalue weighted by atomic mass is 9.83. The van der Waals surface area contributed by atoms with Gasteiger partial charge in [-0.05, 0) is 87.8 Å². The summed E-state index contributed by atoms with van der Waals surface area (Å²) in [5.74, 6) is 3.51. The molecule has 0 bridgehead atoms. The molecule has 0 amide bonds. The van der Waals surface area contributed by atoms with Gasteiger partial charge in [0.25, 0.3) is 0 Å². The minimum Gasteiger partial charge on any atom is -0.492 e. The van der Waals surface area contributed by atoms with E-state index in [0.717, 1.165) is 65.2 Å². The van der Waals surface area contributed by atoms with Crippen molar-refractivity contribution in [2.75, 3.05) is 6.61 Å². The van der Waals surface area contributed by atoms with Crippen molar-refractivity contribution in [2.24, 2.45) is 17.8 Å². The van der Waals surface area contributed by atoms with E-state index in [1.165, 1.54) is 56.9 Å². The highest BCUT2D eigenvalue weighted by molar-refractivity contribution is 5.67. The minimum absolute atomic E-state index is 0.0132. The van der Waals surface area contributed by atoms with Gasteiger partial charge >= 0.3 is 5.97 Å². The highest BCUT2D eigenvalue weighted by Crippen LogP contribution is 2.45. The molecule has 0 saturated carbocycles. The number of ether oxygens (including phenoxy) is 2. The molecule has 0 saturated heterocycles. The molecule has 0 aromatic heterocycles. The first kappa shape index (κ1) is 30.5. The highest BCUT2D eigenvalue weighted by atomic mass is 16.5. The molecule has 36 heavy (non-hydrogen) atoms. The van der Waals surface area contributed by atoms with E-state index in [-0.39, 0.29) is 18.6 Å². The summed E-state index contributed by atoms with van der Waals surface area (Å²) in [7, 11) is 0. The molecule has 3 atom stereocenters. The van der Waals surface area contributed by atoms with E-state index < -0.39 is 5.97 Å². The van der Waals surface area contributed by atoms with Crippen molar-refractivity contribution in [2.45, 2.75) is 138 Å². The van der Waals surface area contributed by atoms with Crippen LogP contribution in [0.1, 0.15) is 128 Å². The Morgan fingerprint density at radius 1 is 0.917 bits per heavy atom. The van der Waals surface area contributed by atoms with E-state index >= 15 is 0 Å². The average molecular weight is 503 g/mol. The van der Waals surface area contributed by atoms with Crippen LogP contribution in [0.2, 0.25) is 0 Å². The molecule has 0 aliphatic carbocycles. The normalized spacial score (nSPS) is 19.0. The standard InChI is InChI=1S/C32H54O4/c1-22(2)12-9-13-23(3)14-10-15-24(4)16-11-19-32(8)20-17-28-27(7)30(35-21-18-29(33)34)25(5)26(6)31(28)36-32/h22-24H,9-21H2,1-8H3,(H,33,34). The summed E-state index contributed by atoms with van der Waals surface area (Å²) in [5.41, 5.74) is 4.41. The molecule has 1 aromatic rings. The number of fused-ring (bicyclic) bond motifs is 1. The maximum atomic E-state index is 10.9. The number of carboxylic acid groups (broad SMARTS) is 1. The monoisotopic (exact) mass is 502 g/mol. The molecule has 3 unspecified atom stereocenters. The fourth-order valence-electron chi connectivity index (χ4n) is 5.72. The molecule has 206 valence electrons. The maximum absolute atomic E-state index is 10.9. The van der Waals surface area contributed by atoms with E-state index in [0.29, 0.717) is 0 Å². The summed E-state index contributed by atoms with van der Waals surface area (Å²) in [4.78, 5) is 10.9. The van der Waals surface area contributed by atoms with Gasteiger partial charge in [0, 0.05) is 5.56 Å². The van der Waals surface area contributed by atoms with Crippen molar-refractivity contribution in [3.05, 3.63) is 22.3 Å². The largest absolute Gasteiger partial charge is 0.492 e. The molecule has 1 aromatic carbocycles. The number of benzene rings is 1. The van der Waals surface area contributed by atoms with E-state index in [1.54, 1.807) is 0 Å². The van der Waals surface area contributed by atoms with Gasteiger partial charge in [0.1, 0.15) is 17.1 Å². The van der Waals surface area contributed by atoms with Gasteiger partial charge in [-0.25, -0.2) is 0 Å². The molecule has 1 heterocycles. The molecule has 0 radical (unpaired) electrons. The van der Waals surface area contributed by atoms with Gasteiger partial charge in [-0.15, -0.1) is 0 Å². The second-order valence-electron chi connectivity index (χ2n) is 12.4. The number of aliphatic carboxylic acids is 1. The van der Waals surface area contributed by atoms with Crippen LogP contribution in [-0.4, -0.2) is 23.3 Å². The molecule has 4 nitrogen and oxygen atoms in total. The lowest BCUT2D eigenvalue weighted by Gasteiger charge is -2.38. The first-order valence-electron chi connectivity index (χ1n) is 14.6. The van der Waals surface area contributed by atoms with Crippen LogP contribution in [0.4, 0.5) is 0 Å². The van der Waals surface area contributed by atoms with E-state index in [1.807, 2.05) is 0 Å². The minimum atomic E-state index is -0.833. The van der Waals surface area contributed by atoms with E-state index in [2.05, 4.69) is 55.4 Å². The van der Waals surface area contributed by atoms with Crippen LogP contribution >= 0.6 is 0 Å². The summed E-state index contributed by atoms with van der Waals surface area (Å²) < 4.78 is 12.6. The predicted molar refractivity (Wildman–Crippen MR) is 150 cm³/mol. The molecule has 1 N–H and O–H groups in total. The molecule has 0 spiro atoms. The van der Waals surface area contributed by atoms with E-state index in [9.17, 15) is 4.79 Å². The first-order valence-corrected chi connectivity index (χ1v) is 14.6. The lowest BCUT2D eigenvalue weighted by Crippen LogP contribution is -2.37. The lowest BCUT2D eigenvalue weighted by molar-refractivity contribution is -0.137. The first-order chi connectivity index (χ1) is 16.9. The molecular weight excluding hydrogens is 448 g/mol. The van der Waals surface area contributed by atoms with Gasteiger partial charge < -0.3 is 14.6 Å². The Hall–Kier alpha value is -1.71. The average Bonchev–Trinajstić information content (AvgIpc) is 2.79. The quantitative estimate of drug-likeness (QED) is 0.245. The van der Waals surface area contributed by atoms with E-state index in [4.69, 9.17) is 14.6 Å². The Bertz CT molecular complexity index is 843. The number of carboxylic acids is 1. The van der Waals surface area contributed by atoms with Crippen LogP contribution in [0.5, 0.6) is 11.5 Å². The predicted octanol–water partition coefficient (Wildman–Crippen LogP) is 8.99. The van der Waals surface area contributed by atoms with Crippen LogP contribution in [-0.2, 0) is 11.2 Å². The van der Waals surface area contributed by atoms with Crippen molar-refractivity contribution in [3.63, 3.8) is 0 Å². The van der Waals surface area contributed by atoms with Crippen LogP contribution < -0.4 is 9.47 Å². The fourth-order valence-corrected chi connectivity index (χ4v) is 5.72. The third-order valence-electron chi connectivity index (χ3n) is 8.40. The summed E-state index contributed by atoms with van der Waals surface area (Å²) in [5, 5.41) is 8.95. The Balaban J connectivity index is 1.83. The SMILES string of the molecule is Cc1c(C)c2c(c(C)c1OCCC(=O)O)CCC(C)(CCCC(C)CCCC(C)CCCC(C)C)O2. The van der Waals surface area contributed by atoms with Crippen LogP contribution in [0.15, 0.2) is 0 Å². The van der Waals surface area contributed by atoms with Gasteiger partial charge in [-0.3, -0.25) is 4.79 Å². The zero-order chi connectivity index (χ0) is 26.9. The van der Waals surface area contributed by atoms with Gasteiger partial charge in [0.15, 0.2) is 0 Å². The van der Waals surface area contributed by atoms with Crippen molar-refractivity contribution in [1.29, 1.82) is 0 Å². The molecule has 2 rings (SSSR count). The number of carbonyl (C=O) groups is 1. The zero-order valence-electron chi connectivity index (χ0n) is 24.6. The number of hydrogen-bond acceptors (Lipinski definition) is 3. The Morgan fingerprint density at radius 3 is 2.08 bits per heavy atom. The third kappa shape index (κ3) is 9.30. The Labute approximate surface area is 221 Å². The summed E-state index contributed by atoms with van der Waals surface area (Å²) >= 11 is 0.